The van der Waals surface area contributed by atoms with Gasteiger partial charge in [-0.2, -0.15) is 13.2 Å². The predicted octanol–water partition coefficient (Wildman–Crippen LogP) is 4.07. The molecule has 0 radical (unpaired) electrons. The second-order valence-electron chi connectivity index (χ2n) is 10.8. The molecule has 2 aliphatic carbocycles. The second kappa shape index (κ2) is 10.1. The topological polar surface area (TPSA) is 136 Å². The largest absolute Gasteiger partial charge is 0.438 e. The lowest BCUT2D eigenvalue weighted by Gasteiger charge is -2.27. The standard InChI is InChI=1S/C26H29F3N6O5/c1-12-21(34-40-33-12)23(36)32-22(20(13-3-4-13)14-5-6-14)24-30-16-9-15(7-8-18(16)39-24)17(11-38-2)35-10-19(26(27,28)29)31-25(35)37/h7-9,13-14,17,19-20,22H,3-6,10-11H2,1-2H3,(H,31,37)(H,32,36). The summed E-state index contributed by atoms with van der Waals surface area (Å²) in [7, 11) is 1.42. The van der Waals surface area contributed by atoms with E-state index in [9.17, 15) is 22.8 Å². The molecule has 1 saturated heterocycles. The molecule has 214 valence electrons. The highest BCUT2D eigenvalue weighted by molar-refractivity contribution is 5.93. The van der Waals surface area contributed by atoms with E-state index in [-0.39, 0.29) is 18.2 Å². The number of rotatable bonds is 10. The third-order valence-corrected chi connectivity index (χ3v) is 7.98. The van der Waals surface area contributed by atoms with Crippen molar-refractivity contribution < 1.29 is 36.5 Å². The van der Waals surface area contributed by atoms with Gasteiger partial charge in [0.05, 0.1) is 19.2 Å². The number of aromatic nitrogens is 3. The molecule has 2 N–H and O–H groups in total. The molecule has 1 aromatic carbocycles. The summed E-state index contributed by atoms with van der Waals surface area (Å²) < 4.78 is 56.0. The smallest absolute Gasteiger partial charge is 0.410 e. The molecular formula is C26H29F3N6O5. The van der Waals surface area contributed by atoms with Crippen molar-refractivity contribution >= 4 is 23.0 Å². The third-order valence-electron chi connectivity index (χ3n) is 7.98. The minimum Gasteiger partial charge on any atom is -0.438 e. The third kappa shape index (κ3) is 5.11. The van der Waals surface area contributed by atoms with Crippen molar-refractivity contribution in [2.24, 2.45) is 17.8 Å². The highest BCUT2D eigenvalue weighted by atomic mass is 19.4. The van der Waals surface area contributed by atoms with Crippen molar-refractivity contribution in [2.45, 2.75) is 56.9 Å². The van der Waals surface area contributed by atoms with Gasteiger partial charge in [-0.25, -0.2) is 14.4 Å². The van der Waals surface area contributed by atoms with E-state index in [0.717, 1.165) is 30.6 Å². The zero-order valence-corrected chi connectivity index (χ0v) is 21.9. The van der Waals surface area contributed by atoms with E-state index in [1.807, 2.05) is 5.32 Å². The normalized spacial score (nSPS) is 21.2. The molecule has 3 aliphatic rings. The van der Waals surface area contributed by atoms with Crippen LogP contribution in [-0.4, -0.2) is 64.6 Å². The number of carbonyl (C=O) groups excluding carboxylic acids is 2. The lowest BCUT2D eigenvalue weighted by molar-refractivity contribution is -0.150. The van der Waals surface area contributed by atoms with Gasteiger partial charge in [-0.15, -0.1) is 0 Å². The summed E-state index contributed by atoms with van der Waals surface area (Å²) in [5.74, 6) is 0.947. The Morgan fingerprint density at radius 3 is 2.52 bits per heavy atom. The summed E-state index contributed by atoms with van der Waals surface area (Å²) in [5.41, 5.74) is 1.94. The molecule has 2 aromatic heterocycles. The number of fused-ring (bicyclic) bond motifs is 1. The molecule has 3 aromatic rings. The molecule has 6 rings (SSSR count). The minimum atomic E-state index is -4.56. The van der Waals surface area contributed by atoms with Gasteiger partial charge < -0.3 is 24.7 Å². The minimum absolute atomic E-state index is 0.0105. The lowest BCUT2D eigenvalue weighted by atomic mass is 9.89. The highest BCUT2D eigenvalue weighted by Gasteiger charge is 2.49. The van der Waals surface area contributed by atoms with E-state index in [4.69, 9.17) is 18.8 Å². The van der Waals surface area contributed by atoms with Crippen molar-refractivity contribution in [2.75, 3.05) is 20.3 Å². The molecule has 3 amide bonds. The first-order chi connectivity index (χ1) is 19.1. The Hall–Kier alpha value is -3.68. The van der Waals surface area contributed by atoms with Crippen LogP contribution in [0.4, 0.5) is 18.0 Å². The summed E-state index contributed by atoms with van der Waals surface area (Å²) >= 11 is 0. The number of carbonyl (C=O) groups is 2. The number of alkyl halides is 3. The lowest BCUT2D eigenvalue weighted by Crippen LogP contribution is -2.40. The quantitative estimate of drug-likeness (QED) is 0.378. The molecule has 3 atom stereocenters. The molecule has 14 heteroatoms. The van der Waals surface area contributed by atoms with E-state index in [2.05, 4.69) is 15.6 Å². The number of hydrogen-bond donors (Lipinski definition) is 2. The number of aryl methyl sites for hydroxylation is 1. The van der Waals surface area contributed by atoms with Gasteiger partial charge in [-0.1, -0.05) is 11.2 Å². The van der Waals surface area contributed by atoms with Crippen LogP contribution in [0.1, 0.15) is 65.4 Å². The van der Waals surface area contributed by atoms with E-state index < -0.39 is 42.8 Å². The maximum atomic E-state index is 13.3. The maximum Gasteiger partial charge on any atom is 0.410 e. The molecule has 0 spiro atoms. The molecule has 40 heavy (non-hydrogen) atoms. The highest BCUT2D eigenvalue weighted by Crippen LogP contribution is 2.54. The monoisotopic (exact) mass is 562 g/mol. The number of urea groups is 1. The number of oxazole rings is 1. The van der Waals surface area contributed by atoms with Crippen LogP contribution in [0.5, 0.6) is 0 Å². The number of benzene rings is 1. The fourth-order valence-electron chi connectivity index (χ4n) is 5.70. The number of amides is 3. The number of nitrogens with zero attached hydrogens (tertiary/aromatic N) is 4. The number of nitrogens with one attached hydrogen (secondary N) is 2. The van der Waals surface area contributed by atoms with Crippen LogP contribution in [0.3, 0.4) is 0 Å². The molecule has 0 bridgehead atoms. The van der Waals surface area contributed by atoms with Crippen molar-refractivity contribution in [1.29, 1.82) is 0 Å². The Morgan fingerprint density at radius 1 is 1.23 bits per heavy atom. The number of methoxy groups -OCH3 is 1. The predicted molar refractivity (Wildman–Crippen MR) is 132 cm³/mol. The fourth-order valence-corrected chi connectivity index (χ4v) is 5.70. The van der Waals surface area contributed by atoms with E-state index in [1.54, 1.807) is 25.1 Å². The fraction of sp³-hybridized carbons (Fsp3) is 0.577. The van der Waals surface area contributed by atoms with Crippen LogP contribution in [0.25, 0.3) is 11.1 Å². The number of halogens is 3. The van der Waals surface area contributed by atoms with Gasteiger partial charge in [0.15, 0.2) is 11.3 Å². The average molecular weight is 563 g/mol. The van der Waals surface area contributed by atoms with Crippen molar-refractivity contribution in [3.63, 3.8) is 0 Å². The van der Waals surface area contributed by atoms with Crippen LogP contribution in [-0.2, 0) is 4.74 Å². The molecule has 3 unspecified atom stereocenters. The Labute approximate surface area is 226 Å². The van der Waals surface area contributed by atoms with Gasteiger partial charge in [0.2, 0.25) is 5.89 Å². The molecule has 2 saturated carbocycles. The molecule has 3 fully saturated rings. The van der Waals surface area contributed by atoms with Crippen LogP contribution < -0.4 is 10.6 Å². The van der Waals surface area contributed by atoms with Gasteiger partial charge >= 0.3 is 12.2 Å². The van der Waals surface area contributed by atoms with E-state index >= 15 is 0 Å². The van der Waals surface area contributed by atoms with E-state index in [0.29, 0.717) is 40.1 Å². The Morgan fingerprint density at radius 2 is 1.95 bits per heavy atom. The first-order valence-electron chi connectivity index (χ1n) is 13.3. The number of hydrogen-bond acceptors (Lipinski definition) is 8. The number of ether oxygens (including phenoxy) is 1. The molecule has 3 heterocycles. The van der Waals surface area contributed by atoms with Crippen LogP contribution in [0.2, 0.25) is 0 Å². The van der Waals surface area contributed by atoms with Gasteiger partial charge in [0.25, 0.3) is 5.91 Å². The maximum absolute atomic E-state index is 13.3. The summed E-state index contributed by atoms with van der Waals surface area (Å²) in [6.07, 6.45) is -0.293. The molecular weight excluding hydrogens is 533 g/mol. The van der Waals surface area contributed by atoms with Gasteiger partial charge in [-0.3, -0.25) is 4.79 Å². The summed E-state index contributed by atoms with van der Waals surface area (Å²) in [6, 6.07) is 0.989. The average Bonchev–Trinajstić information content (AvgIpc) is 3.80. The molecule has 1 aliphatic heterocycles. The van der Waals surface area contributed by atoms with Crippen LogP contribution in [0, 0.1) is 24.7 Å². The SMILES string of the molecule is COCC(c1ccc2oc(C(NC(=O)c3nonc3C)C(C3CC3)C3CC3)nc2c1)N1CC(C(F)(F)F)NC1=O. The first-order valence-corrected chi connectivity index (χ1v) is 13.3. The van der Waals surface area contributed by atoms with E-state index in [1.165, 1.54) is 7.11 Å². The Balaban J connectivity index is 1.32. The zero-order valence-electron chi connectivity index (χ0n) is 21.9. The second-order valence-corrected chi connectivity index (χ2v) is 10.8. The molecule has 11 nitrogen and oxygen atoms in total. The summed E-state index contributed by atoms with van der Waals surface area (Å²) in [6.45, 7) is 1.09. The summed E-state index contributed by atoms with van der Waals surface area (Å²) in [4.78, 5) is 31.5. The van der Waals surface area contributed by atoms with Gasteiger partial charge in [0.1, 0.15) is 23.3 Å². The van der Waals surface area contributed by atoms with Crippen molar-refractivity contribution in [1.82, 2.24) is 30.8 Å². The Kier molecular flexibility index (Phi) is 6.67. The zero-order chi connectivity index (χ0) is 28.2. The Bertz CT molecular complexity index is 1400. The van der Waals surface area contributed by atoms with Crippen LogP contribution in [0.15, 0.2) is 27.2 Å². The van der Waals surface area contributed by atoms with Crippen LogP contribution >= 0.6 is 0 Å². The van der Waals surface area contributed by atoms with Gasteiger partial charge in [-0.05, 0) is 73.2 Å². The summed E-state index contributed by atoms with van der Waals surface area (Å²) in [5, 5.41) is 12.5. The van der Waals surface area contributed by atoms with Crippen molar-refractivity contribution in [3.05, 3.63) is 41.0 Å². The first kappa shape index (κ1) is 26.5. The van der Waals surface area contributed by atoms with Gasteiger partial charge in [0, 0.05) is 7.11 Å². The van der Waals surface area contributed by atoms with Crippen molar-refractivity contribution in [3.8, 4) is 0 Å².